The Morgan fingerprint density at radius 3 is 2.88 bits per heavy atom. The summed E-state index contributed by atoms with van der Waals surface area (Å²) in [5.74, 6) is 0.979. The van der Waals surface area contributed by atoms with Crippen molar-refractivity contribution in [3.8, 4) is 0 Å². The quantitative estimate of drug-likeness (QED) is 0.508. The molecule has 17 heavy (non-hydrogen) atoms. The van der Waals surface area contributed by atoms with Gasteiger partial charge in [0.15, 0.2) is 0 Å². The van der Waals surface area contributed by atoms with Crippen molar-refractivity contribution in [3.63, 3.8) is 0 Å². The van der Waals surface area contributed by atoms with Gasteiger partial charge in [-0.05, 0) is 67.1 Å². The minimum Gasteiger partial charge on any atom is -0.0847 e. The molecule has 0 N–H and O–H groups in total. The van der Waals surface area contributed by atoms with Crippen LogP contribution in [0.2, 0.25) is 0 Å². The second-order valence-electron chi connectivity index (χ2n) is 7.68. The maximum absolute atomic E-state index is 2.65. The largest absolute Gasteiger partial charge is 0.0847 e. The molecule has 0 aromatic rings. The van der Waals surface area contributed by atoms with Crippen molar-refractivity contribution in [3.05, 3.63) is 11.6 Å². The molecule has 0 aromatic heterocycles. The van der Waals surface area contributed by atoms with Gasteiger partial charge in [0, 0.05) is 0 Å². The van der Waals surface area contributed by atoms with Crippen LogP contribution in [-0.4, -0.2) is 0 Å². The van der Waals surface area contributed by atoms with Gasteiger partial charge in [0.1, 0.15) is 0 Å². The molecule has 0 aromatic carbocycles. The Bertz CT molecular complexity index is 393. The summed E-state index contributed by atoms with van der Waals surface area (Å²) in [6.45, 7) is 5.24. The molecular weight excluding hydrogens is 204 g/mol. The minimum absolute atomic E-state index is 0.682. The smallest absolute Gasteiger partial charge is 0.00207 e. The Kier molecular flexibility index (Phi) is 1.88. The molecule has 0 saturated heterocycles. The van der Waals surface area contributed by atoms with Gasteiger partial charge in [-0.1, -0.05) is 38.3 Å². The van der Waals surface area contributed by atoms with Crippen LogP contribution in [0.1, 0.15) is 71.6 Å². The molecule has 2 spiro atoms. The molecule has 0 radical (unpaired) electrons. The second-order valence-corrected chi connectivity index (χ2v) is 7.68. The van der Waals surface area contributed by atoms with E-state index in [0.29, 0.717) is 16.2 Å². The summed E-state index contributed by atoms with van der Waals surface area (Å²) in [7, 11) is 0. The first-order valence-electron chi connectivity index (χ1n) is 7.84. The van der Waals surface area contributed by atoms with E-state index in [1.807, 2.05) is 5.57 Å². The Morgan fingerprint density at radius 2 is 2.00 bits per heavy atom. The van der Waals surface area contributed by atoms with Gasteiger partial charge in [-0.25, -0.2) is 0 Å². The molecule has 0 heterocycles. The molecule has 4 aliphatic rings. The topological polar surface area (TPSA) is 0 Å². The van der Waals surface area contributed by atoms with Crippen LogP contribution in [0.15, 0.2) is 11.6 Å². The van der Waals surface area contributed by atoms with Crippen LogP contribution < -0.4 is 0 Å². The highest BCUT2D eigenvalue weighted by atomic mass is 14.7. The molecule has 3 saturated carbocycles. The predicted molar refractivity (Wildman–Crippen MR) is 71.8 cm³/mol. The molecule has 4 aliphatic carbocycles. The lowest BCUT2D eigenvalue weighted by Crippen LogP contribution is -2.49. The number of hydrogen-bond acceptors (Lipinski definition) is 0. The van der Waals surface area contributed by atoms with Crippen LogP contribution in [0.3, 0.4) is 0 Å². The van der Waals surface area contributed by atoms with E-state index in [-0.39, 0.29) is 0 Å². The lowest BCUT2D eigenvalue weighted by atomic mass is 9.48. The third-order valence-electron chi connectivity index (χ3n) is 7.61. The lowest BCUT2D eigenvalue weighted by molar-refractivity contribution is -0.0705. The lowest BCUT2D eigenvalue weighted by Gasteiger charge is -2.56. The molecule has 4 atom stereocenters. The maximum atomic E-state index is 2.65. The first-order chi connectivity index (χ1) is 8.15. The number of allylic oxidation sites excluding steroid dienone is 2. The summed E-state index contributed by atoms with van der Waals surface area (Å²) < 4.78 is 0. The molecule has 0 unspecified atom stereocenters. The van der Waals surface area contributed by atoms with Crippen molar-refractivity contribution in [2.75, 3.05) is 0 Å². The van der Waals surface area contributed by atoms with Crippen LogP contribution in [0.25, 0.3) is 0 Å². The average Bonchev–Trinajstić information content (AvgIpc) is 2.88. The molecule has 0 nitrogen and oxygen atoms in total. The van der Waals surface area contributed by atoms with Crippen LogP contribution >= 0.6 is 0 Å². The molecule has 0 heteroatoms. The summed E-state index contributed by atoms with van der Waals surface area (Å²) >= 11 is 0. The zero-order valence-electron chi connectivity index (χ0n) is 11.5. The standard InChI is InChI=1S/C17H26/c1-13-5-3-8-15(2)11-12-16-9-4-6-14(16)7-10-17(13,15)16/h6,13H,3-5,7-12H2,1-2H3/t13-,15+,16+,17+/m1/s1. The highest BCUT2D eigenvalue weighted by Crippen LogP contribution is 2.80. The van der Waals surface area contributed by atoms with Gasteiger partial charge in [0.25, 0.3) is 0 Å². The second kappa shape index (κ2) is 3.00. The van der Waals surface area contributed by atoms with Crippen LogP contribution in [0.4, 0.5) is 0 Å². The van der Waals surface area contributed by atoms with Crippen molar-refractivity contribution in [1.29, 1.82) is 0 Å². The van der Waals surface area contributed by atoms with Gasteiger partial charge >= 0.3 is 0 Å². The summed E-state index contributed by atoms with van der Waals surface area (Å²) in [6.07, 6.45) is 16.1. The van der Waals surface area contributed by atoms with Crippen molar-refractivity contribution >= 4 is 0 Å². The molecular formula is C17H26. The summed E-state index contributed by atoms with van der Waals surface area (Å²) in [5.41, 5.74) is 3.97. The van der Waals surface area contributed by atoms with Crippen molar-refractivity contribution < 1.29 is 0 Å². The van der Waals surface area contributed by atoms with E-state index in [1.165, 1.54) is 57.8 Å². The van der Waals surface area contributed by atoms with E-state index >= 15 is 0 Å². The van der Waals surface area contributed by atoms with E-state index in [0.717, 1.165) is 5.92 Å². The van der Waals surface area contributed by atoms with Gasteiger partial charge in [-0.2, -0.15) is 0 Å². The van der Waals surface area contributed by atoms with Crippen molar-refractivity contribution in [2.24, 2.45) is 22.2 Å². The zero-order valence-corrected chi connectivity index (χ0v) is 11.5. The number of hydrogen-bond donors (Lipinski definition) is 0. The fourth-order valence-corrected chi connectivity index (χ4v) is 7.08. The Balaban J connectivity index is 1.92. The van der Waals surface area contributed by atoms with E-state index in [2.05, 4.69) is 19.9 Å². The third-order valence-corrected chi connectivity index (χ3v) is 7.61. The summed E-state index contributed by atoms with van der Waals surface area (Å²) in [5, 5.41) is 0. The molecule has 0 bridgehead atoms. The van der Waals surface area contributed by atoms with Crippen molar-refractivity contribution in [1.82, 2.24) is 0 Å². The minimum atomic E-state index is 0.682. The molecule has 3 fully saturated rings. The van der Waals surface area contributed by atoms with E-state index in [9.17, 15) is 0 Å². The van der Waals surface area contributed by atoms with Crippen LogP contribution in [0.5, 0.6) is 0 Å². The highest BCUT2D eigenvalue weighted by Gasteiger charge is 2.71. The highest BCUT2D eigenvalue weighted by molar-refractivity contribution is 5.36. The summed E-state index contributed by atoms with van der Waals surface area (Å²) in [6, 6.07) is 0. The average molecular weight is 230 g/mol. The fraction of sp³-hybridized carbons (Fsp3) is 0.882. The Morgan fingerprint density at radius 1 is 1.12 bits per heavy atom. The van der Waals surface area contributed by atoms with Crippen LogP contribution in [0, 0.1) is 22.2 Å². The van der Waals surface area contributed by atoms with E-state index in [4.69, 9.17) is 0 Å². The molecule has 0 amide bonds. The van der Waals surface area contributed by atoms with Gasteiger partial charge in [0.2, 0.25) is 0 Å². The Labute approximate surface area is 106 Å². The molecule has 94 valence electrons. The Hall–Kier alpha value is -0.260. The van der Waals surface area contributed by atoms with E-state index in [1.54, 1.807) is 0 Å². The SMILES string of the molecule is C[C@@H]1CCC[C@@]2(C)CC[C@@]34CCC=C3CC[C@]124. The first kappa shape index (κ1) is 10.6. The predicted octanol–water partition coefficient (Wildman–Crippen LogP) is 5.09. The van der Waals surface area contributed by atoms with Gasteiger partial charge < -0.3 is 0 Å². The monoisotopic (exact) mass is 230 g/mol. The molecule has 4 rings (SSSR count). The number of rotatable bonds is 0. The van der Waals surface area contributed by atoms with Crippen LogP contribution in [-0.2, 0) is 0 Å². The third kappa shape index (κ3) is 0.923. The normalized spacial score (nSPS) is 56.4. The van der Waals surface area contributed by atoms with Crippen molar-refractivity contribution in [2.45, 2.75) is 71.6 Å². The fourth-order valence-electron chi connectivity index (χ4n) is 7.08. The first-order valence-corrected chi connectivity index (χ1v) is 7.84. The van der Waals surface area contributed by atoms with Gasteiger partial charge in [-0.15, -0.1) is 0 Å². The maximum Gasteiger partial charge on any atom is -0.00207 e. The van der Waals surface area contributed by atoms with E-state index < -0.39 is 0 Å². The summed E-state index contributed by atoms with van der Waals surface area (Å²) in [4.78, 5) is 0. The zero-order chi connectivity index (χ0) is 11.7. The van der Waals surface area contributed by atoms with Gasteiger partial charge in [-0.3, -0.25) is 0 Å². The van der Waals surface area contributed by atoms with Gasteiger partial charge in [0.05, 0.1) is 0 Å². The molecule has 0 aliphatic heterocycles.